The number of halogens is 1. The Kier molecular flexibility index (Phi) is 3.57. The first kappa shape index (κ1) is 13.5. The minimum absolute atomic E-state index is 0.0610. The van der Waals surface area contributed by atoms with Crippen molar-refractivity contribution in [1.82, 2.24) is 9.78 Å². The van der Waals surface area contributed by atoms with Crippen molar-refractivity contribution in [2.45, 2.75) is 19.9 Å². The number of anilines is 1. The van der Waals surface area contributed by atoms with E-state index in [1.807, 2.05) is 19.9 Å². The number of nitrogens with zero attached hydrogens (tertiary/aromatic N) is 3. The number of hydrogen-bond acceptors (Lipinski definition) is 4. The summed E-state index contributed by atoms with van der Waals surface area (Å²) in [6, 6.07) is 6.30. The van der Waals surface area contributed by atoms with Gasteiger partial charge in [0.25, 0.3) is 5.69 Å². The van der Waals surface area contributed by atoms with Gasteiger partial charge < -0.3 is 5.73 Å². The van der Waals surface area contributed by atoms with Crippen LogP contribution in [0.2, 0.25) is 0 Å². The molecule has 0 fully saturated rings. The first-order valence-corrected chi connectivity index (χ1v) is 6.45. The number of nitrogen functional groups attached to an aromatic ring is 1. The molecule has 0 bridgehead atoms. The molecule has 1 unspecified atom stereocenters. The average Bonchev–Trinajstić information content (AvgIpc) is 2.66. The van der Waals surface area contributed by atoms with Crippen molar-refractivity contribution in [2.24, 2.45) is 0 Å². The van der Waals surface area contributed by atoms with Crippen LogP contribution in [0, 0.1) is 17.0 Å². The summed E-state index contributed by atoms with van der Waals surface area (Å²) in [7, 11) is 0. The van der Waals surface area contributed by atoms with Crippen molar-refractivity contribution in [3.05, 3.63) is 50.1 Å². The van der Waals surface area contributed by atoms with Crippen LogP contribution < -0.4 is 5.73 Å². The Morgan fingerprint density at radius 1 is 1.53 bits per heavy atom. The quantitative estimate of drug-likeness (QED) is 0.694. The summed E-state index contributed by atoms with van der Waals surface area (Å²) in [6.07, 6.45) is 0. The third kappa shape index (κ3) is 2.46. The molecule has 0 radical (unpaired) electrons. The number of nitrogens with two attached hydrogens (primary N) is 1. The summed E-state index contributed by atoms with van der Waals surface area (Å²) >= 11 is 3.36. The van der Waals surface area contributed by atoms with E-state index in [4.69, 9.17) is 5.73 Å². The van der Waals surface area contributed by atoms with Gasteiger partial charge in [0.1, 0.15) is 5.82 Å². The summed E-state index contributed by atoms with van der Waals surface area (Å²) in [4.78, 5) is 10.4. The molecule has 0 aliphatic rings. The van der Waals surface area contributed by atoms with E-state index in [-0.39, 0.29) is 11.7 Å². The lowest BCUT2D eigenvalue weighted by Crippen LogP contribution is -2.11. The Bertz CT molecular complexity index is 639. The molecule has 0 aliphatic carbocycles. The Morgan fingerprint density at radius 2 is 2.21 bits per heavy atom. The van der Waals surface area contributed by atoms with Gasteiger partial charge in [-0.25, -0.2) is 4.68 Å². The van der Waals surface area contributed by atoms with Gasteiger partial charge in [-0.3, -0.25) is 10.1 Å². The Labute approximate surface area is 118 Å². The standard InChI is InChI=1S/C12H13BrN4O2/c1-7-11(13)12(14)16(15-7)8(2)9-4-3-5-10(6-9)17(18)19/h3-6,8H,14H2,1-2H3. The Hall–Kier alpha value is -1.89. The molecule has 0 aliphatic heterocycles. The predicted octanol–water partition coefficient (Wildman–Crippen LogP) is 3.05. The van der Waals surface area contributed by atoms with Crippen molar-refractivity contribution in [3.8, 4) is 0 Å². The number of nitro benzene ring substituents is 1. The third-order valence-corrected chi connectivity index (χ3v) is 3.96. The molecule has 0 saturated heterocycles. The van der Waals surface area contributed by atoms with Crippen LogP contribution in [-0.4, -0.2) is 14.7 Å². The predicted molar refractivity (Wildman–Crippen MR) is 76.0 cm³/mol. The number of non-ortho nitro benzene ring substituents is 1. The molecule has 1 aromatic carbocycles. The van der Waals surface area contributed by atoms with Gasteiger partial charge in [0.05, 0.1) is 21.1 Å². The summed E-state index contributed by atoms with van der Waals surface area (Å²) in [5, 5.41) is 15.1. The highest BCUT2D eigenvalue weighted by Crippen LogP contribution is 2.29. The second-order valence-corrected chi connectivity index (χ2v) is 5.05. The third-order valence-electron chi connectivity index (χ3n) is 2.98. The van der Waals surface area contributed by atoms with E-state index in [0.717, 1.165) is 15.7 Å². The molecule has 0 spiro atoms. The molecule has 1 heterocycles. The van der Waals surface area contributed by atoms with Crippen molar-refractivity contribution >= 4 is 27.4 Å². The minimum Gasteiger partial charge on any atom is -0.383 e. The van der Waals surface area contributed by atoms with E-state index in [2.05, 4.69) is 21.0 Å². The highest BCUT2D eigenvalue weighted by Gasteiger charge is 2.18. The number of aryl methyl sites for hydroxylation is 1. The van der Waals surface area contributed by atoms with E-state index in [1.165, 1.54) is 12.1 Å². The van der Waals surface area contributed by atoms with Gasteiger partial charge in [0.2, 0.25) is 0 Å². The zero-order valence-corrected chi connectivity index (χ0v) is 12.1. The SMILES string of the molecule is Cc1nn(C(C)c2cccc([N+](=O)[O-])c2)c(N)c1Br. The lowest BCUT2D eigenvalue weighted by molar-refractivity contribution is -0.384. The zero-order valence-electron chi connectivity index (χ0n) is 10.5. The minimum atomic E-state index is -0.413. The lowest BCUT2D eigenvalue weighted by atomic mass is 10.1. The highest BCUT2D eigenvalue weighted by atomic mass is 79.9. The van der Waals surface area contributed by atoms with Gasteiger partial charge in [-0.05, 0) is 35.3 Å². The maximum absolute atomic E-state index is 10.8. The van der Waals surface area contributed by atoms with Crippen molar-refractivity contribution in [1.29, 1.82) is 0 Å². The number of nitro groups is 1. The van der Waals surface area contributed by atoms with Crippen LogP contribution in [0.4, 0.5) is 11.5 Å². The maximum Gasteiger partial charge on any atom is 0.269 e. The van der Waals surface area contributed by atoms with Gasteiger partial charge in [-0.15, -0.1) is 0 Å². The van der Waals surface area contributed by atoms with Crippen molar-refractivity contribution in [2.75, 3.05) is 5.73 Å². The van der Waals surface area contributed by atoms with Crippen LogP contribution in [0.1, 0.15) is 24.2 Å². The van der Waals surface area contributed by atoms with Crippen LogP contribution >= 0.6 is 15.9 Å². The molecule has 100 valence electrons. The van der Waals surface area contributed by atoms with E-state index in [1.54, 1.807) is 10.7 Å². The monoisotopic (exact) mass is 324 g/mol. The van der Waals surface area contributed by atoms with Crippen molar-refractivity contribution in [3.63, 3.8) is 0 Å². The van der Waals surface area contributed by atoms with Crippen LogP contribution in [0.15, 0.2) is 28.7 Å². The molecular weight excluding hydrogens is 312 g/mol. The van der Waals surface area contributed by atoms with Gasteiger partial charge in [-0.1, -0.05) is 12.1 Å². The first-order chi connectivity index (χ1) is 8.91. The normalized spacial score (nSPS) is 12.4. The molecule has 0 saturated carbocycles. The molecule has 2 aromatic rings. The molecule has 1 aromatic heterocycles. The van der Waals surface area contributed by atoms with Gasteiger partial charge in [0, 0.05) is 12.1 Å². The number of rotatable bonds is 3. The number of benzene rings is 1. The van der Waals surface area contributed by atoms with Crippen LogP contribution in [-0.2, 0) is 0 Å². The van der Waals surface area contributed by atoms with Gasteiger partial charge >= 0.3 is 0 Å². The van der Waals surface area contributed by atoms with Gasteiger partial charge in [0.15, 0.2) is 0 Å². The molecule has 0 amide bonds. The summed E-state index contributed by atoms with van der Waals surface area (Å²) in [6.45, 7) is 3.74. The van der Waals surface area contributed by atoms with Gasteiger partial charge in [-0.2, -0.15) is 5.10 Å². The molecule has 2 rings (SSSR count). The zero-order chi connectivity index (χ0) is 14.2. The topological polar surface area (TPSA) is 87.0 Å². The largest absolute Gasteiger partial charge is 0.383 e. The second kappa shape index (κ2) is 5.00. The fourth-order valence-corrected chi connectivity index (χ4v) is 2.14. The molecule has 1 atom stereocenters. The molecule has 6 nitrogen and oxygen atoms in total. The molecule has 19 heavy (non-hydrogen) atoms. The highest BCUT2D eigenvalue weighted by molar-refractivity contribution is 9.10. The Morgan fingerprint density at radius 3 is 2.74 bits per heavy atom. The lowest BCUT2D eigenvalue weighted by Gasteiger charge is -2.14. The summed E-state index contributed by atoms with van der Waals surface area (Å²) in [5.41, 5.74) is 7.59. The van der Waals surface area contributed by atoms with Crippen LogP contribution in [0.25, 0.3) is 0 Å². The van der Waals surface area contributed by atoms with E-state index >= 15 is 0 Å². The van der Waals surface area contributed by atoms with Crippen molar-refractivity contribution < 1.29 is 4.92 Å². The molecule has 2 N–H and O–H groups in total. The van der Waals surface area contributed by atoms with Crippen LogP contribution in [0.5, 0.6) is 0 Å². The fourth-order valence-electron chi connectivity index (χ4n) is 1.88. The average molecular weight is 325 g/mol. The summed E-state index contributed by atoms with van der Waals surface area (Å²) < 4.78 is 2.41. The summed E-state index contributed by atoms with van der Waals surface area (Å²) in [5.74, 6) is 0.511. The Balaban J connectivity index is 2.43. The number of hydrogen-bond donors (Lipinski definition) is 1. The number of aromatic nitrogens is 2. The fraction of sp³-hybridized carbons (Fsp3) is 0.250. The maximum atomic E-state index is 10.8. The van der Waals surface area contributed by atoms with E-state index in [0.29, 0.717) is 5.82 Å². The molecular formula is C12H13BrN4O2. The second-order valence-electron chi connectivity index (χ2n) is 4.26. The van der Waals surface area contributed by atoms with Crippen LogP contribution in [0.3, 0.4) is 0 Å². The first-order valence-electron chi connectivity index (χ1n) is 5.66. The molecule has 7 heteroatoms. The smallest absolute Gasteiger partial charge is 0.269 e. The van der Waals surface area contributed by atoms with E-state index in [9.17, 15) is 10.1 Å². The van der Waals surface area contributed by atoms with E-state index < -0.39 is 4.92 Å².